The van der Waals surface area contributed by atoms with Gasteiger partial charge in [-0.2, -0.15) is 9.36 Å². The third-order valence-electron chi connectivity index (χ3n) is 6.83. The highest BCUT2D eigenvalue weighted by atomic mass is 32.2. The van der Waals surface area contributed by atoms with Crippen molar-refractivity contribution in [3.8, 4) is 0 Å². The predicted octanol–water partition coefficient (Wildman–Crippen LogP) is -0.145. The quantitative estimate of drug-likeness (QED) is 0.0696. The van der Waals surface area contributed by atoms with E-state index in [1.54, 1.807) is 6.92 Å². The second kappa shape index (κ2) is 12.4. The van der Waals surface area contributed by atoms with Crippen LogP contribution in [0.2, 0.25) is 0 Å². The summed E-state index contributed by atoms with van der Waals surface area (Å²) in [5.41, 5.74) is 7.61. The molecule has 2 unspecified atom stereocenters. The Morgan fingerprint density at radius 1 is 1.36 bits per heavy atom. The zero-order valence-electron chi connectivity index (χ0n) is 23.2. The van der Waals surface area contributed by atoms with Gasteiger partial charge in [-0.05, 0) is 44.1 Å². The van der Waals surface area contributed by atoms with Crippen molar-refractivity contribution in [1.82, 2.24) is 34.4 Å². The first kappa shape index (κ1) is 29.4. The van der Waals surface area contributed by atoms with Crippen LogP contribution in [0.1, 0.15) is 25.0 Å². The summed E-state index contributed by atoms with van der Waals surface area (Å²) in [7, 11) is 1.91. The van der Waals surface area contributed by atoms with Crippen molar-refractivity contribution < 1.29 is 28.9 Å². The van der Waals surface area contributed by atoms with Gasteiger partial charge in [0.05, 0.1) is 6.20 Å². The maximum absolute atomic E-state index is 13.3. The van der Waals surface area contributed by atoms with Crippen LogP contribution < -0.4 is 20.9 Å². The molecule has 1 saturated heterocycles. The third-order valence-corrected chi connectivity index (χ3v) is 8.71. The minimum atomic E-state index is -1.21. The molecule has 0 bridgehead atoms. The smallest absolute Gasteiger partial charge is 0.352 e. The number of aliphatic carboxylic acids is 1. The number of hydrogen-bond acceptors (Lipinski definition) is 12. The maximum Gasteiger partial charge on any atom is 0.352 e. The Hall–Kier alpha value is -4.09. The minimum Gasteiger partial charge on any atom is -0.477 e. The lowest BCUT2D eigenvalue weighted by atomic mass is 10.0. The molecule has 3 aromatic heterocycles. The average molecular weight is 616 g/mol. The zero-order chi connectivity index (χ0) is 30.0. The molecule has 5 N–H and O–H groups in total. The number of nitrogens with one attached hydrogen (secondary N) is 2. The third kappa shape index (κ3) is 5.54. The van der Waals surface area contributed by atoms with Crippen LogP contribution in [0.25, 0.3) is 11.2 Å². The number of carboxylic acid groups (broad SMARTS) is 1. The molecule has 1 fully saturated rings. The molecule has 2 atom stereocenters. The predicted molar refractivity (Wildman–Crippen MR) is 155 cm³/mol. The van der Waals surface area contributed by atoms with Crippen LogP contribution in [0.3, 0.4) is 0 Å². The number of carbonyl (C=O) groups is 3. The highest BCUT2D eigenvalue weighted by Crippen LogP contribution is 2.40. The molecular formula is C25H31N10O5S2+. The molecule has 3 aromatic rings. The summed E-state index contributed by atoms with van der Waals surface area (Å²) in [6.07, 6.45) is 2.79. The molecule has 2 aliphatic heterocycles. The number of β-lactam (4-membered cyclic amide) rings is 1. The molecule has 15 nitrogen and oxygen atoms in total. The first-order valence-electron chi connectivity index (χ1n) is 13.2. The number of anilines is 1. The number of nitrogens with two attached hydrogens (primary N) is 1. The molecule has 0 saturated carbocycles. The van der Waals surface area contributed by atoms with Gasteiger partial charge in [0.1, 0.15) is 35.8 Å². The molecule has 42 heavy (non-hydrogen) atoms. The average Bonchev–Trinajstić information content (AvgIpc) is 3.54. The van der Waals surface area contributed by atoms with Gasteiger partial charge in [-0.15, -0.1) is 11.8 Å². The highest BCUT2D eigenvalue weighted by Gasteiger charge is 2.54. The molecule has 2 aliphatic rings. The van der Waals surface area contributed by atoms with Crippen molar-refractivity contribution >= 4 is 63.1 Å². The number of carbonyl (C=O) groups excluding carboxylic acids is 2. The van der Waals surface area contributed by atoms with Crippen molar-refractivity contribution in [2.24, 2.45) is 5.16 Å². The number of fused-ring (bicyclic) bond motifs is 2. The van der Waals surface area contributed by atoms with E-state index in [9.17, 15) is 19.5 Å². The van der Waals surface area contributed by atoms with Crippen molar-refractivity contribution in [3.63, 3.8) is 0 Å². The van der Waals surface area contributed by atoms with Gasteiger partial charge in [-0.3, -0.25) is 14.5 Å². The second-order valence-corrected chi connectivity index (χ2v) is 11.4. The Bertz CT molecular complexity index is 1600. The van der Waals surface area contributed by atoms with Crippen LogP contribution in [0.4, 0.5) is 5.13 Å². The molecule has 0 aromatic carbocycles. The van der Waals surface area contributed by atoms with Crippen LogP contribution in [0, 0.1) is 6.92 Å². The van der Waals surface area contributed by atoms with Crippen LogP contribution >= 0.6 is 23.3 Å². The van der Waals surface area contributed by atoms with E-state index < -0.39 is 29.2 Å². The van der Waals surface area contributed by atoms with Gasteiger partial charge in [0.2, 0.25) is 17.4 Å². The van der Waals surface area contributed by atoms with Gasteiger partial charge in [-0.25, -0.2) is 9.36 Å². The molecule has 0 aliphatic carbocycles. The summed E-state index contributed by atoms with van der Waals surface area (Å²) in [5, 5.41) is 19.3. The molecule has 5 rings (SSSR count). The summed E-state index contributed by atoms with van der Waals surface area (Å²) in [6.45, 7) is 5.76. The number of pyridine rings is 1. The lowest BCUT2D eigenvalue weighted by Crippen LogP contribution is -2.71. The summed E-state index contributed by atoms with van der Waals surface area (Å²) in [5.74, 6) is -1.29. The largest absolute Gasteiger partial charge is 0.477 e. The summed E-state index contributed by atoms with van der Waals surface area (Å²) < 4.78 is 8.06. The van der Waals surface area contributed by atoms with Gasteiger partial charge in [0, 0.05) is 36.3 Å². The van der Waals surface area contributed by atoms with Crippen molar-refractivity contribution in [3.05, 3.63) is 41.2 Å². The summed E-state index contributed by atoms with van der Waals surface area (Å²) in [6, 6.07) is 2.94. The lowest BCUT2D eigenvalue weighted by Gasteiger charge is -2.49. The molecule has 0 radical (unpaired) electrons. The van der Waals surface area contributed by atoms with Crippen LogP contribution in [0.5, 0.6) is 0 Å². The van der Waals surface area contributed by atoms with E-state index in [-0.39, 0.29) is 35.5 Å². The first-order valence-corrected chi connectivity index (χ1v) is 15.1. The standard InChI is InChI=1S/C25H30N10O5S2/c1-4-40-31-16(19-30-25(26)42-32-19)21(36)29-17-22(37)35-18(24(38)39)14(12-41-23(17)35)11-33-9-5-7-15-20(33)28-13(2)34(15)10-6-8-27-3/h5,7,9,17,23,27H,4,6,8,10-12H2,1-3H3,(H3-,26,29,30,32,36,38,39)/p+1/b31-16-. The van der Waals surface area contributed by atoms with E-state index in [4.69, 9.17) is 15.6 Å². The number of rotatable bonds is 12. The number of thioether (sulfide) groups is 1. The van der Waals surface area contributed by atoms with Crippen molar-refractivity contribution in [1.29, 1.82) is 0 Å². The molecule has 2 amide bonds. The summed E-state index contributed by atoms with van der Waals surface area (Å²) >= 11 is 2.27. The molecule has 17 heteroatoms. The molecule has 222 valence electrons. The van der Waals surface area contributed by atoms with Gasteiger partial charge in [-0.1, -0.05) is 5.16 Å². The Kier molecular flexibility index (Phi) is 8.69. The van der Waals surface area contributed by atoms with E-state index in [1.807, 2.05) is 36.9 Å². The number of aryl methyl sites for hydroxylation is 2. The fourth-order valence-electron chi connectivity index (χ4n) is 4.94. The minimum absolute atomic E-state index is 0.0253. The Morgan fingerprint density at radius 3 is 2.86 bits per heavy atom. The molecule has 0 spiro atoms. The number of nitrogen functional groups attached to an aromatic ring is 1. The maximum atomic E-state index is 13.3. The Morgan fingerprint density at radius 2 is 2.17 bits per heavy atom. The van der Waals surface area contributed by atoms with Gasteiger partial charge in [0.15, 0.2) is 5.13 Å². The monoisotopic (exact) mass is 615 g/mol. The van der Waals surface area contributed by atoms with E-state index in [1.165, 1.54) is 16.7 Å². The van der Waals surface area contributed by atoms with E-state index in [2.05, 4.69) is 29.7 Å². The number of imidazole rings is 1. The number of oxime groups is 1. The van der Waals surface area contributed by atoms with Crippen LogP contribution in [0.15, 0.2) is 34.8 Å². The van der Waals surface area contributed by atoms with Crippen molar-refractivity contribution in [2.45, 2.75) is 44.8 Å². The number of aromatic nitrogens is 5. The SMILES string of the molecule is CCO/N=C(\C(=O)NC1C(=O)N2C(C(=O)O)=C(C[n+]3cccc4c3nc(C)n4CCCNC)CSC12)c1nsc(N)n1. The topological polar surface area (TPSA) is 194 Å². The molecule has 5 heterocycles. The second-order valence-electron chi connectivity index (χ2n) is 9.54. The van der Waals surface area contributed by atoms with E-state index in [0.29, 0.717) is 11.3 Å². The number of amides is 2. The first-order chi connectivity index (χ1) is 20.2. The van der Waals surface area contributed by atoms with E-state index in [0.717, 1.165) is 48.0 Å². The zero-order valence-corrected chi connectivity index (χ0v) is 24.9. The lowest BCUT2D eigenvalue weighted by molar-refractivity contribution is -0.664. The Balaban J connectivity index is 1.37. The fraction of sp³-hybridized carbons (Fsp3) is 0.440. The number of carboxylic acids is 1. The van der Waals surface area contributed by atoms with Crippen LogP contribution in [-0.4, -0.2) is 89.8 Å². The van der Waals surface area contributed by atoms with Gasteiger partial charge in [0.25, 0.3) is 11.8 Å². The normalized spacial score (nSPS) is 18.7. The Labute approximate surface area is 249 Å². The summed E-state index contributed by atoms with van der Waals surface area (Å²) in [4.78, 5) is 53.8. The van der Waals surface area contributed by atoms with Gasteiger partial charge < -0.3 is 30.9 Å². The van der Waals surface area contributed by atoms with Gasteiger partial charge >= 0.3 is 11.6 Å². The fourth-order valence-corrected chi connectivity index (χ4v) is 6.71. The van der Waals surface area contributed by atoms with E-state index >= 15 is 0 Å². The molecular weight excluding hydrogens is 584 g/mol. The van der Waals surface area contributed by atoms with Crippen LogP contribution in [-0.2, 0) is 32.3 Å². The number of hydrogen-bond donors (Lipinski definition) is 4. The number of nitrogens with zero attached hydrogens (tertiary/aromatic N) is 7. The van der Waals surface area contributed by atoms with Crippen molar-refractivity contribution in [2.75, 3.05) is 31.7 Å². The highest BCUT2D eigenvalue weighted by molar-refractivity contribution is 8.00.